The molecule has 0 amide bonds. The summed E-state index contributed by atoms with van der Waals surface area (Å²) in [5.74, 6) is 0.224. The Bertz CT molecular complexity index is 1180. The molecule has 4 rings (SSSR count). The Morgan fingerprint density at radius 2 is 1.53 bits per heavy atom. The van der Waals surface area contributed by atoms with Gasteiger partial charge >= 0.3 is 6.18 Å². The first-order chi connectivity index (χ1) is 14.4. The monoisotopic (exact) mass is 426 g/mol. The van der Waals surface area contributed by atoms with E-state index in [0.29, 0.717) is 5.69 Å². The molecule has 0 saturated carbocycles. The number of rotatable bonds is 5. The predicted octanol–water partition coefficient (Wildman–Crippen LogP) is 6.81. The maximum Gasteiger partial charge on any atom is 0.405 e. The highest BCUT2D eigenvalue weighted by Gasteiger charge is 2.26. The molecule has 0 aliphatic carbocycles. The van der Waals surface area contributed by atoms with Crippen molar-refractivity contribution in [2.24, 2.45) is 0 Å². The van der Waals surface area contributed by atoms with Crippen LogP contribution in [0.5, 0.6) is 5.75 Å². The summed E-state index contributed by atoms with van der Waals surface area (Å²) in [5, 5.41) is 12.8. The summed E-state index contributed by atoms with van der Waals surface area (Å²) in [5.41, 5.74) is 4.16. The maximum absolute atomic E-state index is 12.2. The number of nitrogens with one attached hydrogen (secondary N) is 1. The Balaban J connectivity index is 1.43. The summed E-state index contributed by atoms with van der Waals surface area (Å²) in [6, 6.07) is 19.8. The van der Waals surface area contributed by atoms with Crippen molar-refractivity contribution in [1.82, 2.24) is 4.98 Å². The molecular formula is C23H17F3N2OS. The number of aromatic hydroxyl groups is 1. The van der Waals surface area contributed by atoms with Gasteiger partial charge in [-0.05, 0) is 41.5 Å². The molecule has 0 unspecified atom stereocenters. The molecule has 152 valence electrons. The van der Waals surface area contributed by atoms with E-state index in [1.54, 1.807) is 42.5 Å². The van der Waals surface area contributed by atoms with Crippen molar-refractivity contribution in [1.29, 1.82) is 0 Å². The first-order valence-electron chi connectivity index (χ1n) is 9.14. The minimum Gasteiger partial charge on any atom is -0.508 e. The zero-order valence-electron chi connectivity index (χ0n) is 15.6. The van der Waals surface area contributed by atoms with Crippen molar-refractivity contribution < 1.29 is 18.3 Å². The predicted molar refractivity (Wildman–Crippen MR) is 117 cm³/mol. The van der Waals surface area contributed by atoms with Crippen LogP contribution in [0, 0.1) is 0 Å². The van der Waals surface area contributed by atoms with Crippen LogP contribution in [0.25, 0.3) is 32.9 Å². The van der Waals surface area contributed by atoms with E-state index in [0.717, 1.165) is 31.9 Å². The largest absolute Gasteiger partial charge is 0.508 e. The van der Waals surface area contributed by atoms with Crippen LogP contribution >= 0.6 is 11.3 Å². The third kappa shape index (κ3) is 4.99. The fourth-order valence-electron chi connectivity index (χ4n) is 2.88. The normalized spacial score (nSPS) is 12.0. The molecule has 0 radical (unpaired) electrons. The number of benzene rings is 3. The smallest absolute Gasteiger partial charge is 0.405 e. The summed E-state index contributed by atoms with van der Waals surface area (Å²) < 4.78 is 37.7. The van der Waals surface area contributed by atoms with Crippen LogP contribution in [0.15, 0.2) is 66.7 Å². The molecule has 0 fully saturated rings. The number of phenolic OH excluding ortho intramolecular Hbond substituents is 1. The number of halogens is 3. The third-order valence-corrected chi connectivity index (χ3v) is 5.47. The van der Waals surface area contributed by atoms with Gasteiger partial charge in [0.05, 0.1) is 10.2 Å². The van der Waals surface area contributed by atoms with Gasteiger partial charge in [-0.3, -0.25) is 0 Å². The van der Waals surface area contributed by atoms with E-state index in [1.165, 1.54) is 11.3 Å². The number of phenols is 1. The van der Waals surface area contributed by atoms with Crippen molar-refractivity contribution in [3.05, 3.63) is 77.9 Å². The van der Waals surface area contributed by atoms with Crippen molar-refractivity contribution >= 4 is 39.4 Å². The SMILES string of the molecule is Oc1ccc2nc(-c3ccc(C=Cc4ccc(NCC(F)(F)F)cc4)cc3)sc2c1. The number of anilines is 1. The molecule has 0 aliphatic rings. The quantitative estimate of drug-likeness (QED) is 0.345. The van der Waals surface area contributed by atoms with Gasteiger partial charge in [0.1, 0.15) is 17.3 Å². The lowest BCUT2D eigenvalue weighted by Crippen LogP contribution is -2.21. The lowest BCUT2D eigenvalue weighted by molar-refractivity contribution is -0.115. The van der Waals surface area contributed by atoms with Crippen molar-refractivity contribution in [2.45, 2.75) is 6.18 Å². The van der Waals surface area contributed by atoms with E-state index in [9.17, 15) is 18.3 Å². The molecule has 3 aromatic carbocycles. The zero-order valence-corrected chi connectivity index (χ0v) is 16.5. The molecule has 0 atom stereocenters. The van der Waals surface area contributed by atoms with Gasteiger partial charge in [0.25, 0.3) is 0 Å². The molecule has 1 aromatic heterocycles. The van der Waals surface area contributed by atoms with Crippen LogP contribution in [0.4, 0.5) is 18.9 Å². The molecule has 7 heteroatoms. The highest BCUT2D eigenvalue weighted by molar-refractivity contribution is 7.21. The third-order valence-electron chi connectivity index (χ3n) is 4.40. The van der Waals surface area contributed by atoms with E-state index in [-0.39, 0.29) is 5.75 Å². The number of nitrogens with zero attached hydrogens (tertiary/aromatic N) is 1. The van der Waals surface area contributed by atoms with E-state index in [4.69, 9.17) is 0 Å². The molecule has 0 saturated heterocycles. The highest BCUT2D eigenvalue weighted by atomic mass is 32.1. The topological polar surface area (TPSA) is 45.2 Å². The number of aromatic nitrogens is 1. The first-order valence-corrected chi connectivity index (χ1v) is 9.96. The van der Waals surface area contributed by atoms with Crippen molar-refractivity contribution in [3.63, 3.8) is 0 Å². The van der Waals surface area contributed by atoms with Crippen LogP contribution in [0.3, 0.4) is 0 Å². The van der Waals surface area contributed by atoms with Crippen LogP contribution in [-0.2, 0) is 0 Å². The second kappa shape index (κ2) is 8.20. The Hall–Kier alpha value is -3.32. The Kier molecular flexibility index (Phi) is 5.46. The first kappa shape index (κ1) is 20.0. The molecule has 0 spiro atoms. The van der Waals surface area contributed by atoms with Gasteiger partial charge < -0.3 is 10.4 Å². The second-order valence-corrected chi connectivity index (χ2v) is 7.75. The number of alkyl halides is 3. The summed E-state index contributed by atoms with van der Waals surface area (Å²) in [6.45, 7) is -1.05. The van der Waals surface area contributed by atoms with E-state index in [2.05, 4.69) is 10.3 Å². The summed E-state index contributed by atoms with van der Waals surface area (Å²) >= 11 is 1.52. The van der Waals surface area contributed by atoms with Crippen LogP contribution < -0.4 is 5.32 Å². The van der Waals surface area contributed by atoms with Gasteiger partial charge in [0.15, 0.2) is 0 Å². The molecule has 3 nitrogen and oxygen atoms in total. The minimum absolute atomic E-state index is 0.224. The molecule has 1 heterocycles. The average molecular weight is 426 g/mol. The van der Waals surface area contributed by atoms with E-state index in [1.807, 2.05) is 36.4 Å². The van der Waals surface area contributed by atoms with Gasteiger partial charge in [-0.15, -0.1) is 11.3 Å². The molecule has 30 heavy (non-hydrogen) atoms. The number of fused-ring (bicyclic) bond motifs is 1. The Morgan fingerprint density at radius 3 is 2.17 bits per heavy atom. The summed E-state index contributed by atoms with van der Waals surface area (Å²) in [7, 11) is 0. The standard InChI is InChI=1S/C23H17F3N2OS/c24-23(25,26)14-27-18-9-5-16(6-10-18)2-1-15-3-7-17(8-4-15)22-28-20-12-11-19(29)13-21(20)30-22/h1-13,27,29H,14H2. The molecule has 2 N–H and O–H groups in total. The summed E-state index contributed by atoms with van der Waals surface area (Å²) in [6.07, 6.45) is -0.390. The number of hydrogen-bond donors (Lipinski definition) is 2. The van der Waals surface area contributed by atoms with Gasteiger partial charge in [0.2, 0.25) is 0 Å². The second-order valence-electron chi connectivity index (χ2n) is 6.72. The van der Waals surface area contributed by atoms with Gasteiger partial charge in [-0.2, -0.15) is 13.2 Å². The summed E-state index contributed by atoms with van der Waals surface area (Å²) in [4.78, 5) is 4.60. The Labute approximate surface area is 175 Å². The maximum atomic E-state index is 12.2. The highest BCUT2D eigenvalue weighted by Crippen LogP contribution is 2.32. The number of hydrogen-bond acceptors (Lipinski definition) is 4. The average Bonchev–Trinajstić information content (AvgIpc) is 3.14. The van der Waals surface area contributed by atoms with E-state index >= 15 is 0 Å². The van der Waals surface area contributed by atoms with Crippen LogP contribution in [0.1, 0.15) is 11.1 Å². The minimum atomic E-state index is -4.24. The van der Waals surface area contributed by atoms with E-state index < -0.39 is 12.7 Å². The fraction of sp³-hybridized carbons (Fsp3) is 0.0870. The van der Waals surface area contributed by atoms with Gasteiger partial charge in [-0.25, -0.2) is 4.98 Å². The molecule has 0 aliphatic heterocycles. The molecule has 0 bridgehead atoms. The van der Waals surface area contributed by atoms with Crippen molar-refractivity contribution in [2.75, 3.05) is 11.9 Å². The molecular weight excluding hydrogens is 409 g/mol. The zero-order chi connectivity index (χ0) is 21.1. The lowest BCUT2D eigenvalue weighted by atomic mass is 10.1. The van der Waals surface area contributed by atoms with Crippen LogP contribution in [0.2, 0.25) is 0 Å². The lowest BCUT2D eigenvalue weighted by Gasteiger charge is -2.09. The fourth-order valence-corrected chi connectivity index (χ4v) is 3.88. The van der Waals surface area contributed by atoms with Gasteiger partial charge in [0, 0.05) is 11.3 Å². The van der Waals surface area contributed by atoms with Crippen molar-refractivity contribution in [3.8, 4) is 16.3 Å². The Morgan fingerprint density at radius 1 is 0.900 bits per heavy atom. The molecule has 4 aromatic rings. The van der Waals surface area contributed by atoms with Crippen LogP contribution in [-0.4, -0.2) is 22.8 Å². The van der Waals surface area contributed by atoms with Gasteiger partial charge in [-0.1, -0.05) is 48.6 Å². The number of thiazole rings is 1.